The van der Waals surface area contributed by atoms with E-state index in [9.17, 15) is 0 Å². The Morgan fingerprint density at radius 3 is 2.76 bits per heavy atom. The lowest BCUT2D eigenvalue weighted by molar-refractivity contribution is 0.0675. The molecule has 1 aliphatic rings. The van der Waals surface area contributed by atoms with Crippen molar-refractivity contribution in [3.05, 3.63) is 28.8 Å². The molecule has 5 heteroatoms. The number of benzene rings is 1. The second-order valence-electron chi connectivity index (χ2n) is 4.00. The first-order valence-corrected chi connectivity index (χ1v) is 5.97. The molecule has 0 saturated carbocycles. The molecule has 0 amide bonds. The maximum Gasteiger partial charge on any atom is 0.196 e. The minimum absolute atomic E-state index is 0.521. The number of morpholine rings is 1. The Bertz CT molecular complexity index is 428. The van der Waals surface area contributed by atoms with Crippen LogP contribution in [0.3, 0.4) is 0 Å². The monoisotopic (exact) mass is 253 g/mol. The number of aryl methyl sites for hydroxylation is 1. The van der Waals surface area contributed by atoms with Crippen LogP contribution in [-0.4, -0.2) is 37.2 Å². The zero-order valence-electron chi connectivity index (χ0n) is 9.82. The number of rotatable bonds is 1. The van der Waals surface area contributed by atoms with Crippen LogP contribution in [0, 0.1) is 6.92 Å². The maximum absolute atomic E-state index is 6.04. The first kappa shape index (κ1) is 12.2. The molecule has 0 aliphatic carbocycles. The summed E-state index contributed by atoms with van der Waals surface area (Å²) in [6.45, 7) is 4.93. The molecule has 1 aliphatic heterocycles. The predicted molar refractivity (Wildman–Crippen MR) is 69.9 cm³/mol. The van der Waals surface area contributed by atoms with Crippen molar-refractivity contribution in [3.8, 4) is 0 Å². The Kier molecular flexibility index (Phi) is 3.86. The smallest absolute Gasteiger partial charge is 0.196 e. The van der Waals surface area contributed by atoms with E-state index in [0.717, 1.165) is 24.3 Å². The van der Waals surface area contributed by atoms with E-state index in [2.05, 4.69) is 4.99 Å². The lowest BCUT2D eigenvalue weighted by Crippen LogP contribution is -2.44. The van der Waals surface area contributed by atoms with Gasteiger partial charge in [-0.05, 0) is 24.6 Å². The largest absolute Gasteiger partial charge is 0.378 e. The van der Waals surface area contributed by atoms with E-state index in [4.69, 9.17) is 22.1 Å². The minimum atomic E-state index is 0.521. The summed E-state index contributed by atoms with van der Waals surface area (Å²) in [6, 6.07) is 5.67. The lowest BCUT2D eigenvalue weighted by atomic mass is 10.2. The Labute approximate surface area is 106 Å². The average Bonchev–Trinajstić information content (AvgIpc) is 2.35. The van der Waals surface area contributed by atoms with Gasteiger partial charge in [0.25, 0.3) is 0 Å². The van der Waals surface area contributed by atoms with Gasteiger partial charge in [-0.25, -0.2) is 4.99 Å². The number of hydrogen-bond donors (Lipinski definition) is 1. The topological polar surface area (TPSA) is 50.8 Å². The molecule has 0 aromatic heterocycles. The summed E-state index contributed by atoms with van der Waals surface area (Å²) in [6.07, 6.45) is 0. The number of nitrogens with zero attached hydrogens (tertiary/aromatic N) is 2. The van der Waals surface area contributed by atoms with Crippen LogP contribution in [-0.2, 0) is 4.74 Å². The number of nitrogens with two attached hydrogens (primary N) is 1. The highest BCUT2D eigenvalue weighted by molar-refractivity contribution is 6.31. The van der Waals surface area contributed by atoms with Crippen LogP contribution >= 0.6 is 11.6 Å². The van der Waals surface area contributed by atoms with Gasteiger partial charge in [0.1, 0.15) is 0 Å². The van der Waals surface area contributed by atoms with Crippen LogP contribution in [0.1, 0.15) is 5.56 Å². The van der Waals surface area contributed by atoms with Crippen LogP contribution in [0.2, 0.25) is 5.02 Å². The van der Waals surface area contributed by atoms with E-state index < -0.39 is 0 Å². The van der Waals surface area contributed by atoms with Crippen molar-refractivity contribution < 1.29 is 4.74 Å². The lowest BCUT2D eigenvalue weighted by Gasteiger charge is -2.27. The number of halogens is 1. The fraction of sp³-hybridized carbons (Fsp3) is 0.417. The van der Waals surface area contributed by atoms with Crippen LogP contribution in [0.5, 0.6) is 0 Å². The second-order valence-corrected chi connectivity index (χ2v) is 4.41. The molecule has 2 rings (SSSR count). The molecule has 1 saturated heterocycles. The summed E-state index contributed by atoms with van der Waals surface area (Å²) >= 11 is 6.04. The van der Waals surface area contributed by atoms with Crippen molar-refractivity contribution >= 4 is 23.2 Å². The molecule has 1 heterocycles. The van der Waals surface area contributed by atoms with Gasteiger partial charge in [-0.2, -0.15) is 0 Å². The SMILES string of the molecule is Cc1ccc(N=C(N)N2CCOCC2)cc1Cl. The molecule has 1 aromatic carbocycles. The molecule has 1 aromatic rings. The Morgan fingerprint density at radius 1 is 1.41 bits per heavy atom. The summed E-state index contributed by atoms with van der Waals surface area (Å²) in [5.41, 5.74) is 7.77. The van der Waals surface area contributed by atoms with Gasteiger partial charge in [0, 0.05) is 18.1 Å². The van der Waals surface area contributed by atoms with Gasteiger partial charge < -0.3 is 15.4 Å². The van der Waals surface area contributed by atoms with E-state index in [1.54, 1.807) is 0 Å². The van der Waals surface area contributed by atoms with Crippen LogP contribution in [0.15, 0.2) is 23.2 Å². The van der Waals surface area contributed by atoms with Crippen molar-refractivity contribution in [1.29, 1.82) is 0 Å². The number of aliphatic imine (C=N–C) groups is 1. The highest BCUT2D eigenvalue weighted by Crippen LogP contribution is 2.22. The Hall–Kier alpha value is -1.26. The second kappa shape index (κ2) is 5.38. The molecular formula is C12H16ClN3O. The van der Waals surface area contributed by atoms with Crippen LogP contribution in [0.25, 0.3) is 0 Å². The molecule has 92 valence electrons. The fourth-order valence-corrected chi connectivity index (χ4v) is 1.82. The third-order valence-electron chi connectivity index (χ3n) is 2.73. The number of guanidine groups is 1. The highest BCUT2D eigenvalue weighted by atomic mass is 35.5. The van der Waals surface area contributed by atoms with Crippen molar-refractivity contribution in [2.45, 2.75) is 6.92 Å². The van der Waals surface area contributed by atoms with Gasteiger partial charge in [0.2, 0.25) is 0 Å². The zero-order chi connectivity index (χ0) is 12.3. The van der Waals surface area contributed by atoms with Gasteiger partial charge in [0.15, 0.2) is 5.96 Å². The van der Waals surface area contributed by atoms with E-state index in [-0.39, 0.29) is 0 Å². The average molecular weight is 254 g/mol. The zero-order valence-corrected chi connectivity index (χ0v) is 10.6. The minimum Gasteiger partial charge on any atom is -0.378 e. The summed E-state index contributed by atoms with van der Waals surface area (Å²) in [7, 11) is 0. The fourth-order valence-electron chi connectivity index (χ4n) is 1.65. The van der Waals surface area contributed by atoms with Crippen molar-refractivity contribution in [1.82, 2.24) is 4.90 Å². The summed E-state index contributed by atoms with van der Waals surface area (Å²) in [5, 5.41) is 0.709. The standard InChI is InChI=1S/C12H16ClN3O/c1-9-2-3-10(8-11(9)13)15-12(14)16-4-6-17-7-5-16/h2-3,8H,4-7H2,1H3,(H2,14,15). The maximum atomic E-state index is 6.04. The van der Waals surface area contributed by atoms with Crippen LogP contribution in [0.4, 0.5) is 5.69 Å². The molecule has 17 heavy (non-hydrogen) atoms. The van der Waals surface area contributed by atoms with E-state index in [1.807, 2.05) is 30.0 Å². The Balaban J connectivity index is 2.13. The van der Waals surface area contributed by atoms with Gasteiger partial charge >= 0.3 is 0 Å². The molecule has 0 radical (unpaired) electrons. The van der Waals surface area contributed by atoms with Crippen molar-refractivity contribution in [2.75, 3.05) is 26.3 Å². The summed E-state index contributed by atoms with van der Waals surface area (Å²) in [5.74, 6) is 0.521. The predicted octanol–water partition coefficient (Wildman–Crippen LogP) is 1.93. The number of hydrogen-bond acceptors (Lipinski definition) is 2. The molecule has 4 nitrogen and oxygen atoms in total. The summed E-state index contributed by atoms with van der Waals surface area (Å²) in [4.78, 5) is 6.38. The third-order valence-corrected chi connectivity index (χ3v) is 3.14. The van der Waals surface area contributed by atoms with E-state index in [0.29, 0.717) is 24.2 Å². The normalized spacial score (nSPS) is 17.3. The summed E-state index contributed by atoms with van der Waals surface area (Å²) < 4.78 is 5.26. The number of ether oxygens (including phenoxy) is 1. The van der Waals surface area contributed by atoms with Gasteiger partial charge in [0.05, 0.1) is 18.9 Å². The third kappa shape index (κ3) is 3.11. The van der Waals surface area contributed by atoms with Crippen molar-refractivity contribution in [3.63, 3.8) is 0 Å². The van der Waals surface area contributed by atoms with E-state index in [1.165, 1.54) is 0 Å². The van der Waals surface area contributed by atoms with E-state index >= 15 is 0 Å². The highest BCUT2D eigenvalue weighted by Gasteiger charge is 2.12. The molecule has 2 N–H and O–H groups in total. The van der Waals surface area contributed by atoms with Gasteiger partial charge in [-0.15, -0.1) is 0 Å². The van der Waals surface area contributed by atoms with Crippen molar-refractivity contribution in [2.24, 2.45) is 10.7 Å². The first-order valence-electron chi connectivity index (χ1n) is 5.60. The molecule has 0 spiro atoms. The first-order chi connectivity index (χ1) is 8.16. The molecule has 1 fully saturated rings. The van der Waals surface area contributed by atoms with Crippen LogP contribution < -0.4 is 5.73 Å². The Morgan fingerprint density at radius 2 is 2.12 bits per heavy atom. The molecule has 0 unspecified atom stereocenters. The quantitative estimate of drug-likeness (QED) is 0.615. The molecular weight excluding hydrogens is 238 g/mol. The molecule has 0 atom stereocenters. The van der Waals surface area contributed by atoms with Gasteiger partial charge in [-0.1, -0.05) is 17.7 Å². The molecule has 0 bridgehead atoms. The van der Waals surface area contributed by atoms with Gasteiger partial charge in [-0.3, -0.25) is 0 Å².